The Kier molecular flexibility index (Phi) is 14.2. The van der Waals surface area contributed by atoms with Crippen LogP contribution in [0.3, 0.4) is 0 Å². The number of hydrogen-bond acceptors (Lipinski definition) is 4. The second-order valence-corrected chi connectivity index (χ2v) is 27.1. The normalized spacial score (nSPS) is 13.8. The molecule has 5 heteroatoms. The SMILES string of the molecule is CC(C)c1cccc(C(C)C)c1-c1cc(Oc2cc(C(C)(C)c3ccccc3)c3c4ccccc4n(-c4cc(C(C)(C)c5ccccc5)ccn4)c3c2)cc(N2CN(c3cc(C(C)(C)C)cc(C(C)(C)C)c3)C=C2C(C)(C)C)c1. The van der Waals surface area contributed by atoms with Crippen LogP contribution in [0.25, 0.3) is 38.8 Å². The van der Waals surface area contributed by atoms with Gasteiger partial charge in [0.25, 0.3) is 0 Å². The summed E-state index contributed by atoms with van der Waals surface area (Å²) >= 11 is 0. The molecule has 406 valence electrons. The molecule has 79 heavy (non-hydrogen) atoms. The van der Waals surface area contributed by atoms with Gasteiger partial charge in [0.15, 0.2) is 0 Å². The highest BCUT2D eigenvalue weighted by atomic mass is 16.5. The smallest absolute Gasteiger partial charge is 0.137 e. The predicted molar refractivity (Wildman–Crippen MR) is 337 cm³/mol. The molecule has 0 radical (unpaired) electrons. The first kappa shape index (κ1) is 55.0. The molecule has 10 rings (SSSR count). The van der Waals surface area contributed by atoms with Gasteiger partial charge in [-0.2, -0.15) is 0 Å². The fourth-order valence-electron chi connectivity index (χ4n) is 11.9. The zero-order chi connectivity index (χ0) is 56.6. The van der Waals surface area contributed by atoms with Gasteiger partial charge in [-0.05, 0) is 127 Å². The molecule has 1 aliphatic heterocycles. The van der Waals surface area contributed by atoms with Crippen LogP contribution in [0, 0.1) is 5.41 Å². The number of hydrogen-bond donors (Lipinski definition) is 0. The molecule has 0 fully saturated rings. The van der Waals surface area contributed by atoms with E-state index in [0.717, 1.165) is 39.6 Å². The van der Waals surface area contributed by atoms with Crippen LogP contribution in [0.15, 0.2) is 182 Å². The number of anilines is 2. The minimum atomic E-state index is -0.420. The second-order valence-electron chi connectivity index (χ2n) is 27.1. The molecule has 5 nitrogen and oxygen atoms in total. The van der Waals surface area contributed by atoms with E-state index in [2.05, 4.69) is 302 Å². The van der Waals surface area contributed by atoms with Crippen LogP contribution in [0.1, 0.15) is 174 Å². The molecule has 0 aliphatic carbocycles. The Bertz CT molecular complexity index is 3680. The average molecular weight is 1050 g/mol. The third-order valence-corrected chi connectivity index (χ3v) is 16.8. The minimum Gasteiger partial charge on any atom is -0.457 e. The van der Waals surface area contributed by atoms with Crippen LogP contribution in [-0.4, -0.2) is 16.2 Å². The van der Waals surface area contributed by atoms with Crippen LogP contribution in [-0.2, 0) is 21.7 Å². The summed E-state index contributed by atoms with van der Waals surface area (Å²) in [7, 11) is 0. The van der Waals surface area contributed by atoms with Gasteiger partial charge in [-0.1, -0.05) is 221 Å². The molecule has 0 spiro atoms. The van der Waals surface area contributed by atoms with Crippen molar-refractivity contribution in [3.8, 4) is 28.4 Å². The highest BCUT2D eigenvalue weighted by Gasteiger charge is 2.35. The number of allylic oxidation sites excluding steroid dienone is 1. The van der Waals surface area contributed by atoms with E-state index in [1.54, 1.807) is 0 Å². The summed E-state index contributed by atoms with van der Waals surface area (Å²) in [5.74, 6) is 3.03. The van der Waals surface area contributed by atoms with E-state index in [1.165, 1.54) is 72.2 Å². The fourth-order valence-corrected chi connectivity index (χ4v) is 11.9. The van der Waals surface area contributed by atoms with E-state index in [-0.39, 0.29) is 21.7 Å². The maximum atomic E-state index is 7.59. The molecular weight excluding hydrogens is 961 g/mol. The Morgan fingerprint density at radius 1 is 0.468 bits per heavy atom. The standard InChI is InChI=1S/C74H84N4O/c1-48(2)60-32-26-33-61(49(3)4)68(60)50-37-57(77-47-76(46-66(77)72(11,12)13)56-40-54(70(5,6)7)39-55(41-56)71(8,9)10)43-58(38-50)79-59-44-63(74(16,17)52-29-22-19-23-30-52)69-62-31-24-25-34-64(62)78(65(69)45-59)67-42-53(35-36-75-67)73(14,15)51-27-20-18-21-28-51/h18-46,48-49H,47H2,1-17H3. The summed E-state index contributed by atoms with van der Waals surface area (Å²) < 4.78 is 9.95. The van der Waals surface area contributed by atoms with Crippen molar-refractivity contribution < 1.29 is 4.74 Å². The van der Waals surface area contributed by atoms with Crippen molar-refractivity contribution >= 4 is 33.2 Å². The minimum absolute atomic E-state index is 0.0160. The molecule has 0 atom stereocenters. The van der Waals surface area contributed by atoms with Crippen molar-refractivity contribution in [1.29, 1.82) is 0 Å². The van der Waals surface area contributed by atoms with Crippen molar-refractivity contribution in [3.05, 3.63) is 226 Å². The highest BCUT2D eigenvalue weighted by Crippen LogP contribution is 2.48. The van der Waals surface area contributed by atoms with Crippen molar-refractivity contribution in [2.45, 2.75) is 151 Å². The number of ether oxygens (including phenoxy) is 1. The van der Waals surface area contributed by atoms with E-state index in [4.69, 9.17) is 9.72 Å². The molecule has 0 N–H and O–H groups in total. The number of aromatic nitrogens is 2. The van der Waals surface area contributed by atoms with Crippen LogP contribution in [0.2, 0.25) is 0 Å². The first-order valence-corrected chi connectivity index (χ1v) is 28.8. The molecule has 2 aromatic heterocycles. The summed E-state index contributed by atoms with van der Waals surface area (Å²) in [5.41, 5.74) is 17.4. The first-order chi connectivity index (χ1) is 37.2. The summed E-state index contributed by atoms with van der Waals surface area (Å²) in [6, 6.07) is 60.7. The molecule has 1 aliphatic rings. The quantitative estimate of drug-likeness (QED) is 0.122. The van der Waals surface area contributed by atoms with Gasteiger partial charge in [-0.25, -0.2) is 4.98 Å². The number of pyridine rings is 1. The lowest BCUT2D eigenvalue weighted by Crippen LogP contribution is -2.31. The maximum Gasteiger partial charge on any atom is 0.137 e. The van der Waals surface area contributed by atoms with E-state index in [0.29, 0.717) is 18.5 Å². The number of benzene rings is 7. The lowest BCUT2D eigenvalue weighted by Gasteiger charge is -2.32. The van der Waals surface area contributed by atoms with Crippen molar-refractivity contribution in [2.24, 2.45) is 5.41 Å². The van der Waals surface area contributed by atoms with Gasteiger partial charge >= 0.3 is 0 Å². The summed E-state index contributed by atoms with van der Waals surface area (Å²) in [5, 5.41) is 2.37. The first-order valence-electron chi connectivity index (χ1n) is 28.8. The van der Waals surface area contributed by atoms with Gasteiger partial charge in [0.2, 0.25) is 0 Å². The molecule has 3 heterocycles. The van der Waals surface area contributed by atoms with Gasteiger partial charge < -0.3 is 14.5 Å². The van der Waals surface area contributed by atoms with E-state index >= 15 is 0 Å². The third-order valence-electron chi connectivity index (χ3n) is 16.8. The number of fused-ring (bicyclic) bond motifs is 3. The summed E-state index contributed by atoms with van der Waals surface area (Å²) in [6.45, 7) is 40.2. The van der Waals surface area contributed by atoms with E-state index < -0.39 is 5.41 Å². The Hall–Kier alpha value is -7.37. The third kappa shape index (κ3) is 10.5. The van der Waals surface area contributed by atoms with Gasteiger partial charge in [-0.3, -0.25) is 4.57 Å². The lowest BCUT2D eigenvalue weighted by atomic mass is 9.76. The van der Waals surface area contributed by atoms with Gasteiger partial charge in [-0.15, -0.1) is 0 Å². The Morgan fingerprint density at radius 3 is 1.62 bits per heavy atom. The molecule has 0 bridgehead atoms. The number of para-hydroxylation sites is 1. The molecule has 0 amide bonds. The maximum absolute atomic E-state index is 7.59. The van der Waals surface area contributed by atoms with Crippen LogP contribution >= 0.6 is 0 Å². The monoisotopic (exact) mass is 1040 g/mol. The summed E-state index contributed by atoms with van der Waals surface area (Å²) in [6.07, 6.45) is 4.38. The van der Waals surface area contributed by atoms with Crippen LogP contribution in [0.5, 0.6) is 11.5 Å². The van der Waals surface area contributed by atoms with Crippen molar-refractivity contribution in [2.75, 3.05) is 16.5 Å². The van der Waals surface area contributed by atoms with E-state index in [1.807, 2.05) is 6.20 Å². The van der Waals surface area contributed by atoms with Crippen molar-refractivity contribution in [3.63, 3.8) is 0 Å². The van der Waals surface area contributed by atoms with Gasteiger partial charge in [0.1, 0.15) is 17.3 Å². The highest BCUT2D eigenvalue weighted by molar-refractivity contribution is 6.12. The fraction of sp³-hybridized carbons (Fsp3) is 0.338. The largest absolute Gasteiger partial charge is 0.457 e. The zero-order valence-corrected chi connectivity index (χ0v) is 50.3. The molecule has 0 unspecified atom stereocenters. The van der Waals surface area contributed by atoms with Gasteiger partial charge in [0, 0.05) is 68.6 Å². The number of nitrogens with zero attached hydrogens (tertiary/aromatic N) is 4. The summed E-state index contributed by atoms with van der Waals surface area (Å²) in [4.78, 5) is 10.2. The lowest BCUT2D eigenvalue weighted by molar-refractivity contribution is 0.479. The Labute approximate surface area is 473 Å². The van der Waals surface area contributed by atoms with Crippen LogP contribution in [0.4, 0.5) is 11.4 Å². The predicted octanol–water partition coefficient (Wildman–Crippen LogP) is 20.3. The molecule has 9 aromatic rings. The molecule has 0 saturated carbocycles. The van der Waals surface area contributed by atoms with E-state index in [9.17, 15) is 0 Å². The average Bonchev–Trinajstić information content (AvgIpc) is 3.82. The second kappa shape index (κ2) is 20.4. The zero-order valence-electron chi connectivity index (χ0n) is 50.3. The Morgan fingerprint density at radius 2 is 1.04 bits per heavy atom. The molecular formula is C74H84N4O. The van der Waals surface area contributed by atoms with Crippen molar-refractivity contribution in [1.82, 2.24) is 9.55 Å². The van der Waals surface area contributed by atoms with Crippen LogP contribution < -0.4 is 14.5 Å². The molecule has 7 aromatic carbocycles. The topological polar surface area (TPSA) is 33.5 Å². The number of rotatable bonds is 12. The van der Waals surface area contributed by atoms with Gasteiger partial charge in [0.05, 0.1) is 17.7 Å². The molecule has 0 saturated heterocycles. The Balaban J connectivity index is 1.21.